The molecule has 200 valence electrons. The standard InChI is InChI=1S/C26H26BrN3O8/c1-26(25(34)38-5)23(32)18-13-8-12(27)10-30(15(13)9-16(31)20(18)29-26)24(33)14-6-11-7-17(35-2)21(36-3)22(37-4)19(11)28-14/h6-7,9,12,28-29,31H,8,10H2,1-5H3/t12-,26+/m0/s1. The maximum atomic E-state index is 13.9. The molecular formula is C26H26BrN3O8. The Morgan fingerprint density at radius 2 is 1.82 bits per heavy atom. The Kier molecular flexibility index (Phi) is 6.17. The minimum absolute atomic E-state index is 0.144. The van der Waals surface area contributed by atoms with E-state index in [2.05, 4.69) is 26.2 Å². The molecule has 2 aliphatic heterocycles. The van der Waals surface area contributed by atoms with Crippen molar-refractivity contribution in [3.8, 4) is 23.0 Å². The zero-order chi connectivity index (χ0) is 27.5. The van der Waals surface area contributed by atoms with Crippen molar-refractivity contribution in [1.29, 1.82) is 0 Å². The van der Waals surface area contributed by atoms with Crippen molar-refractivity contribution in [3.05, 3.63) is 35.0 Å². The molecule has 0 aliphatic carbocycles. The molecule has 0 saturated carbocycles. The van der Waals surface area contributed by atoms with Crippen LogP contribution in [0.5, 0.6) is 23.0 Å². The molecule has 2 aliphatic rings. The minimum atomic E-state index is -1.69. The first-order valence-corrected chi connectivity index (χ1v) is 12.6. The van der Waals surface area contributed by atoms with Crippen LogP contribution in [-0.2, 0) is 16.0 Å². The van der Waals surface area contributed by atoms with Crippen molar-refractivity contribution >= 4 is 55.9 Å². The number of amides is 1. The zero-order valence-corrected chi connectivity index (χ0v) is 22.9. The van der Waals surface area contributed by atoms with Crippen molar-refractivity contribution < 1.29 is 38.4 Å². The summed E-state index contributed by atoms with van der Waals surface area (Å²) < 4.78 is 21.3. The van der Waals surface area contributed by atoms with Gasteiger partial charge in [-0.1, -0.05) is 15.9 Å². The highest BCUT2D eigenvalue weighted by atomic mass is 79.9. The molecule has 0 bridgehead atoms. The average Bonchev–Trinajstić information content (AvgIpc) is 3.46. The molecule has 11 nitrogen and oxygen atoms in total. The van der Waals surface area contributed by atoms with Crippen LogP contribution < -0.4 is 24.4 Å². The van der Waals surface area contributed by atoms with Crippen LogP contribution in [0.1, 0.15) is 33.3 Å². The van der Waals surface area contributed by atoms with E-state index in [1.165, 1.54) is 46.3 Å². The maximum absolute atomic E-state index is 13.9. The van der Waals surface area contributed by atoms with E-state index in [1.807, 2.05) is 0 Å². The van der Waals surface area contributed by atoms with E-state index in [1.54, 1.807) is 12.1 Å². The molecule has 3 aromatic rings. The first-order chi connectivity index (χ1) is 18.1. The SMILES string of the molecule is COC(=O)[C@]1(C)Nc2c(O)cc3c(c2C1=O)C[C@H](Br)CN3C(=O)c1cc2cc(OC)c(OC)c(OC)c2[nH]1. The van der Waals surface area contributed by atoms with Crippen molar-refractivity contribution in [2.24, 2.45) is 0 Å². The summed E-state index contributed by atoms with van der Waals surface area (Å²) in [5.41, 5.74) is 0.348. The molecule has 3 heterocycles. The Hall–Kier alpha value is -3.93. The lowest BCUT2D eigenvalue weighted by Crippen LogP contribution is -2.47. The summed E-state index contributed by atoms with van der Waals surface area (Å²) in [4.78, 5) is 44.2. The first-order valence-electron chi connectivity index (χ1n) is 11.7. The number of anilines is 2. The Morgan fingerprint density at radius 3 is 2.45 bits per heavy atom. The lowest BCUT2D eigenvalue weighted by atomic mass is 9.89. The van der Waals surface area contributed by atoms with Crippen LogP contribution in [-0.4, -0.2) is 73.1 Å². The molecule has 0 radical (unpaired) electrons. The number of aromatic nitrogens is 1. The second-order valence-corrected chi connectivity index (χ2v) is 10.5. The van der Waals surface area contributed by atoms with Gasteiger partial charge in [-0.25, -0.2) is 4.79 Å². The third-order valence-electron chi connectivity index (χ3n) is 7.03. The van der Waals surface area contributed by atoms with Gasteiger partial charge in [0.1, 0.15) is 11.4 Å². The number of hydrogen-bond donors (Lipinski definition) is 3. The number of fused-ring (bicyclic) bond motifs is 4. The van der Waals surface area contributed by atoms with Crippen LogP contribution >= 0.6 is 15.9 Å². The number of Topliss-reactive ketones (excluding diaryl/α,β-unsaturated/α-hetero) is 1. The Balaban J connectivity index is 1.63. The van der Waals surface area contributed by atoms with Gasteiger partial charge in [-0.3, -0.25) is 9.59 Å². The summed E-state index contributed by atoms with van der Waals surface area (Å²) in [6.07, 6.45) is 0.404. The van der Waals surface area contributed by atoms with Gasteiger partial charge < -0.3 is 39.3 Å². The zero-order valence-electron chi connectivity index (χ0n) is 21.4. The summed E-state index contributed by atoms with van der Waals surface area (Å²) in [6, 6.07) is 4.84. The van der Waals surface area contributed by atoms with Crippen LogP contribution in [0.25, 0.3) is 10.9 Å². The topological polar surface area (TPSA) is 139 Å². The van der Waals surface area contributed by atoms with Crippen LogP contribution in [0.15, 0.2) is 18.2 Å². The highest BCUT2D eigenvalue weighted by molar-refractivity contribution is 9.09. The number of aromatic hydroxyl groups is 1. The summed E-state index contributed by atoms with van der Waals surface area (Å²) in [5, 5.41) is 14.4. The number of carbonyl (C=O) groups excluding carboxylic acids is 3. The van der Waals surface area contributed by atoms with Gasteiger partial charge >= 0.3 is 5.97 Å². The maximum Gasteiger partial charge on any atom is 0.339 e. The molecule has 0 spiro atoms. The average molecular weight is 588 g/mol. The van der Waals surface area contributed by atoms with Gasteiger partial charge in [-0.05, 0) is 31.0 Å². The van der Waals surface area contributed by atoms with Gasteiger partial charge in [0.15, 0.2) is 17.0 Å². The van der Waals surface area contributed by atoms with E-state index in [0.29, 0.717) is 45.8 Å². The van der Waals surface area contributed by atoms with Gasteiger partial charge in [0.05, 0.1) is 50.9 Å². The number of benzene rings is 2. The summed E-state index contributed by atoms with van der Waals surface area (Å²) in [7, 11) is 5.69. The second-order valence-electron chi connectivity index (χ2n) is 9.22. The molecule has 0 fully saturated rings. The summed E-state index contributed by atoms with van der Waals surface area (Å²) >= 11 is 3.61. The lowest BCUT2D eigenvalue weighted by Gasteiger charge is -2.33. The number of ketones is 1. The summed E-state index contributed by atoms with van der Waals surface area (Å²) in [5.74, 6) is -0.740. The molecular weight excluding hydrogens is 562 g/mol. The molecule has 38 heavy (non-hydrogen) atoms. The third kappa shape index (κ3) is 3.57. The number of esters is 1. The summed E-state index contributed by atoms with van der Waals surface area (Å²) in [6.45, 7) is 1.68. The smallest absolute Gasteiger partial charge is 0.339 e. The molecule has 12 heteroatoms. The molecule has 2 atom stereocenters. The number of nitrogens with one attached hydrogen (secondary N) is 2. The first kappa shape index (κ1) is 25.7. The van der Waals surface area contributed by atoms with E-state index in [9.17, 15) is 19.5 Å². The predicted octanol–water partition coefficient (Wildman–Crippen LogP) is 3.41. The van der Waals surface area contributed by atoms with E-state index < -0.39 is 17.3 Å². The number of carbonyl (C=O) groups is 3. The molecule has 3 N–H and O–H groups in total. The van der Waals surface area contributed by atoms with Crippen LogP contribution in [0, 0.1) is 0 Å². The van der Waals surface area contributed by atoms with Gasteiger partial charge in [0.25, 0.3) is 5.91 Å². The predicted molar refractivity (Wildman–Crippen MR) is 143 cm³/mol. The van der Waals surface area contributed by atoms with Gasteiger partial charge in [0, 0.05) is 22.8 Å². The number of nitrogens with zero attached hydrogens (tertiary/aromatic N) is 1. The van der Waals surface area contributed by atoms with E-state index in [-0.39, 0.29) is 40.0 Å². The number of phenolic OH excluding ortho intramolecular Hbond substituents is 1. The minimum Gasteiger partial charge on any atom is -0.506 e. The molecule has 1 aromatic heterocycles. The number of H-pyrrole nitrogens is 1. The van der Waals surface area contributed by atoms with Gasteiger partial charge in [-0.15, -0.1) is 0 Å². The normalized spacial score (nSPS) is 20.0. The van der Waals surface area contributed by atoms with E-state index in [0.717, 1.165) is 0 Å². The van der Waals surface area contributed by atoms with Gasteiger partial charge in [-0.2, -0.15) is 0 Å². The number of halogens is 1. The molecule has 5 rings (SSSR count). The number of methoxy groups -OCH3 is 4. The van der Waals surface area contributed by atoms with E-state index >= 15 is 0 Å². The molecule has 0 unspecified atom stereocenters. The third-order valence-corrected chi connectivity index (χ3v) is 7.65. The van der Waals surface area contributed by atoms with Crippen molar-refractivity contribution in [2.75, 3.05) is 45.2 Å². The number of ether oxygens (including phenoxy) is 4. The van der Waals surface area contributed by atoms with E-state index in [4.69, 9.17) is 18.9 Å². The van der Waals surface area contributed by atoms with Crippen molar-refractivity contribution in [2.45, 2.75) is 23.7 Å². The van der Waals surface area contributed by atoms with Gasteiger partial charge in [0.2, 0.25) is 11.5 Å². The highest BCUT2D eigenvalue weighted by Gasteiger charge is 2.52. The Morgan fingerprint density at radius 1 is 1.11 bits per heavy atom. The lowest BCUT2D eigenvalue weighted by molar-refractivity contribution is -0.143. The molecule has 0 saturated heterocycles. The van der Waals surface area contributed by atoms with Crippen LogP contribution in [0.4, 0.5) is 11.4 Å². The number of hydrogen-bond acceptors (Lipinski definition) is 9. The quantitative estimate of drug-likeness (QED) is 0.177. The Labute approximate surface area is 226 Å². The number of aromatic amines is 1. The van der Waals surface area contributed by atoms with Crippen LogP contribution in [0.3, 0.4) is 0 Å². The largest absolute Gasteiger partial charge is 0.506 e. The fourth-order valence-corrected chi connectivity index (χ4v) is 5.82. The fraction of sp³-hybridized carbons (Fsp3) is 0.346. The second kappa shape index (κ2) is 9.12. The highest BCUT2D eigenvalue weighted by Crippen LogP contribution is 2.48. The fourth-order valence-electron chi connectivity index (χ4n) is 5.20. The van der Waals surface area contributed by atoms with Crippen molar-refractivity contribution in [1.82, 2.24) is 4.98 Å². The van der Waals surface area contributed by atoms with Crippen molar-refractivity contribution in [3.63, 3.8) is 0 Å². The number of rotatable bonds is 5. The Bertz CT molecular complexity index is 1520. The number of alkyl halides is 1. The molecule has 2 aromatic carbocycles. The molecule has 1 amide bonds. The number of phenols is 1. The monoisotopic (exact) mass is 587 g/mol. The van der Waals surface area contributed by atoms with Crippen LogP contribution in [0.2, 0.25) is 0 Å².